The van der Waals surface area contributed by atoms with E-state index in [0.29, 0.717) is 5.75 Å². The molecule has 1 aromatic carbocycles. The molecule has 0 amide bonds. The van der Waals surface area contributed by atoms with E-state index in [1.807, 2.05) is 0 Å². The van der Waals surface area contributed by atoms with Crippen LogP contribution in [0.15, 0.2) is 23.1 Å². The summed E-state index contributed by atoms with van der Waals surface area (Å²) in [6.45, 7) is 0. The van der Waals surface area contributed by atoms with Crippen LogP contribution in [0.2, 0.25) is 5.02 Å². The molecule has 72 valence electrons. The number of ether oxygens (including phenoxy) is 1. The van der Waals surface area contributed by atoms with Gasteiger partial charge >= 0.3 is 0 Å². The molecule has 0 unspecified atom stereocenters. The molecule has 13 heavy (non-hydrogen) atoms. The number of benzene rings is 1. The topological polar surface area (TPSA) is 63.6 Å². The highest BCUT2D eigenvalue weighted by molar-refractivity contribution is 7.86. The molecule has 0 saturated heterocycles. The van der Waals surface area contributed by atoms with E-state index in [4.69, 9.17) is 20.9 Å². The standard InChI is InChI=1S/C7H7ClO4S/c1-12-5-2-3-7(6(8)4-5)13(9,10)11/h2-4H,1H3,(H,9,10,11). The van der Waals surface area contributed by atoms with Gasteiger partial charge < -0.3 is 4.74 Å². The molecule has 0 aliphatic carbocycles. The van der Waals surface area contributed by atoms with Crippen LogP contribution in [0.1, 0.15) is 0 Å². The fourth-order valence-corrected chi connectivity index (χ4v) is 1.83. The Morgan fingerprint density at radius 1 is 1.46 bits per heavy atom. The second-order valence-electron chi connectivity index (χ2n) is 2.27. The first-order valence-electron chi connectivity index (χ1n) is 3.26. The minimum atomic E-state index is -4.25. The van der Waals surface area contributed by atoms with Crippen molar-refractivity contribution in [2.75, 3.05) is 7.11 Å². The maximum absolute atomic E-state index is 10.7. The lowest BCUT2D eigenvalue weighted by Crippen LogP contribution is -1.98. The molecule has 0 saturated carbocycles. The van der Waals surface area contributed by atoms with E-state index in [0.717, 1.165) is 0 Å². The molecule has 1 N–H and O–H groups in total. The average Bonchev–Trinajstić information content (AvgIpc) is 2.01. The quantitative estimate of drug-likeness (QED) is 0.772. The van der Waals surface area contributed by atoms with Crippen molar-refractivity contribution in [1.82, 2.24) is 0 Å². The van der Waals surface area contributed by atoms with Gasteiger partial charge in [0.15, 0.2) is 0 Å². The zero-order valence-electron chi connectivity index (χ0n) is 6.69. The molecule has 1 rings (SSSR count). The highest BCUT2D eigenvalue weighted by Gasteiger charge is 2.14. The summed E-state index contributed by atoms with van der Waals surface area (Å²) in [5.74, 6) is 0.428. The largest absolute Gasteiger partial charge is 0.497 e. The molecule has 0 aromatic heterocycles. The Bertz CT molecular complexity index is 413. The third kappa shape index (κ3) is 2.33. The number of hydrogen-bond acceptors (Lipinski definition) is 3. The number of methoxy groups -OCH3 is 1. The van der Waals surface area contributed by atoms with Crippen LogP contribution in [0.3, 0.4) is 0 Å². The second kappa shape index (κ2) is 3.53. The molecule has 0 atom stereocenters. The van der Waals surface area contributed by atoms with Gasteiger partial charge in [-0.05, 0) is 12.1 Å². The van der Waals surface area contributed by atoms with Crippen molar-refractivity contribution in [1.29, 1.82) is 0 Å². The van der Waals surface area contributed by atoms with E-state index in [9.17, 15) is 8.42 Å². The van der Waals surface area contributed by atoms with Crippen LogP contribution >= 0.6 is 11.6 Å². The second-order valence-corrected chi connectivity index (χ2v) is 4.07. The van der Waals surface area contributed by atoms with E-state index < -0.39 is 10.1 Å². The first kappa shape index (κ1) is 10.3. The van der Waals surface area contributed by atoms with E-state index in [2.05, 4.69) is 0 Å². The molecule has 4 nitrogen and oxygen atoms in total. The molecule has 0 spiro atoms. The summed E-state index contributed by atoms with van der Waals surface area (Å²) in [4.78, 5) is -0.324. The van der Waals surface area contributed by atoms with Crippen molar-refractivity contribution in [3.05, 3.63) is 23.2 Å². The molecule has 1 aromatic rings. The molecule has 0 radical (unpaired) electrons. The summed E-state index contributed by atoms with van der Waals surface area (Å²) < 4.78 is 34.8. The van der Waals surface area contributed by atoms with E-state index in [1.54, 1.807) is 0 Å². The van der Waals surface area contributed by atoms with Crippen LogP contribution in [0.25, 0.3) is 0 Å². The Balaban J connectivity index is 3.29. The molecule has 0 fully saturated rings. The minimum absolute atomic E-state index is 0.0677. The van der Waals surface area contributed by atoms with E-state index in [-0.39, 0.29) is 9.92 Å². The molecule has 0 bridgehead atoms. The van der Waals surface area contributed by atoms with Crippen LogP contribution in [-0.4, -0.2) is 20.1 Å². The number of halogens is 1. The smallest absolute Gasteiger partial charge is 0.296 e. The molecular formula is C7H7ClO4S. The van der Waals surface area contributed by atoms with Crippen molar-refractivity contribution in [3.8, 4) is 5.75 Å². The van der Waals surface area contributed by atoms with Gasteiger partial charge in [0.2, 0.25) is 0 Å². The van der Waals surface area contributed by atoms with Crippen molar-refractivity contribution in [2.45, 2.75) is 4.90 Å². The van der Waals surface area contributed by atoms with E-state index in [1.165, 1.54) is 25.3 Å². The highest BCUT2D eigenvalue weighted by Crippen LogP contribution is 2.25. The Kier molecular flexibility index (Phi) is 2.80. The van der Waals surface area contributed by atoms with Crippen molar-refractivity contribution < 1.29 is 17.7 Å². The molecule has 0 heterocycles. The van der Waals surface area contributed by atoms with Crippen LogP contribution in [0.5, 0.6) is 5.75 Å². The van der Waals surface area contributed by atoms with Crippen LogP contribution < -0.4 is 4.74 Å². The van der Waals surface area contributed by atoms with Gasteiger partial charge in [-0.3, -0.25) is 4.55 Å². The van der Waals surface area contributed by atoms with Gasteiger partial charge in [-0.2, -0.15) is 8.42 Å². The van der Waals surface area contributed by atoms with Gasteiger partial charge in [-0.1, -0.05) is 11.6 Å². The van der Waals surface area contributed by atoms with Gasteiger partial charge in [0.1, 0.15) is 10.6 Å². The number of rotatable bonds is 2. The van der Waals surface area contributed by atoms with Gasteiger partial charge in [0.25, 0.3) is 10.1 Å². The normalized spacial score (nSPS) is 11.3. The molecule has 0 aliphatic heterocycles. The lowest BCUT2D eigenvalue weighted by molar-refractivity contribution is 0.414. The summed E-state index contributed by atoms with van der Waals surface area (Å²) in [5, 5.41) is -0.0677. The summed E-state index contributed by atoms with van der Waals surface area (Å²) in [6, 6.07) is 3.89. The predicted molar refractivity (Wildman–Crippen MR) is 47.8 cm³/mol. The summed E-state index contributed by atoms with van der Waals surface area (Å²) in [7, 11) is -2.82. The Hall–Kier alpha value is -0.780. The SMILES string of the molecule is COc1ccc(S(=O)(=O)O)c(Cl)c1. The van der Waals surface area contributed by atoms with Crippen LogP contribution in [0, 0.1) is 0 Å². The molecule has 6 heteroatoms. The first-order valence-corrected chi connectivity index (χ1v) is 5.08. The summed E-state index contributed by atoms with van der Waals surface area (Å²) >= 11 is 5.57. The number of hydrogen-bond donors (Lipinski definition) is 1. The van der Waals surface area contributed by atoms with Gasteiger partial charge in [-0.15, -0.1) is 0 Å². The lowest BCUT2D eigenvalue weighted by atomic mass is 10.3. The maximum atomic E-state index is 10.7. The third-order valence-electron chi connectivity index (χ3n) is 1.42. The third-order valence-corrected chi connectivity index (χ3v) is 2.75. The Morgan fingerprint density at radius 2 is 2.08 bits per heavy atom. The van der Waals surface area contributed by atoms with Crippen molar-refractivity contribution >= 4 is 21.7 Å². The predicted octanol–water partition coefficient (Wildman–Crippen LogP) is 1.60. The van der Waals surface area contributed by atoms with Crippen molar-refractivity contribution in [3.63, 3.8) is 0 Å². The summed E-state index contributed by atoms with van der Waals surface area (Å²) in [5.41, 5.74) is 0. The minimum Gasteiger partial charge on any atom is -0.497 e. The van der Waals surface area contributed by atoms with Gasteiger partial charge in [0.05, 0.1) is 12.1 Å². The van der Waals surface area contributed by atoms with Crippen LogP contribution in [0.4, 0.5) is 0 Å². The first-order chi connectivity index (χ1) is 5.95. The van der Waals surface area contributed by atoms with E-state index >= 15 is 0 Å². The van der Waals surface area contributed by atoms with Crippen molar-refractivity contribution in [2.24, 2.45) is 0 Å². The Morgan fingerprint density at radius 3 is 2.46 bits per heavy atom. The fraction of sp³-hybridized carbons (Fsp3) is 0.143. The molecule has 0 aliphatic rings. The zero-order chi connectivity index (χ0) is 10.1. The highest BCUT2D eigenvalue weighted by atomic mass is 35.5. The lowest BCUT2D eigenvalue weighted by Gasteiger charge is -2.03. The van der Waals surface area contributed by atoms with Gasteiger partial charge in [-0.25, -0.2) is 0 Å². The Labute approximate surface area is 80.8 Å². The monoisotopic (exact) mass is 222 g/mol. The zero-order valence-corrected chi connectivity index (χ0v) is 8.26. The summed E-state index contributed by atoms with van der Waals surface area (Å²) in [6.07, 6.45) is 0. The average molecular weight is 223 g/mol. The molecular weight excluding hydrogens is 216 g/mol. The van der Waals surface area contributed by atoms with Crippen LogP contribution in [-0.2, 0) is 10.1 Å². The maximum Gasteiger partial charge on any atom is 0.296 e. The fourth-order valence-electron chi connectivity index (χ4n) is 0.818. The van der Waals surface area contributed by atoms with Gasteiger partial charge in [0, 0.05) is 6.07 Å².